The SMILES string of the molecule is C=C(C)c1ccc(C)cc1-c1c(O)cc(CCCCC)c(C(=O)N2CCC(=O)C2)c1O. The number of nitrogens with zero attached hydrogens (tertiary/aromatic N) is 1. The van der Waals surface area contributed by atoms with Gasteiger partial charge in [0.25, 0.3) is 5.91 Å². The van der Waals surface area contributed by atoms with Gasteiger partial charge in [-0.1, -0.05) is 55.7 Å². The van der Waals surface area contributed by atoms with Crippen LogP contribution in [0.5, 0.6) is 11.5 Å². The first-order valence-electron chi connectivity index (χ1n) is 10.9. The zero-order valence-corrected chi connectivity index (χ0v) is 18.6. The molecule has 31 heavy (non-hydrogen) atoms. The fourth-order valence-corrected chi connectivity index (χ4v) is 4.17. The third-order valence-corrected chi connectivity index (χ3v) is 5.84. The Morgan fingerprint density at radius 3 is 2.55 bits per heavy atom. The van der Waals surface area contributed by atoms with Crippen molar-refractivity contribution in [2.45, 2.75) is 52.9 Å². The van der Waals surface area contributed by atoms with Crippen molar-refractivity contribution in [2.75, 3.05) is 13.1 Å². The second-order valence-electron chi connectivity index (χ2n) is 8.46. The minimum absolute atomic E-state index is 0.0163. The summed E-state index contributed by atoms with van der Waals surface area (Å²) in [7, 11) is 0. The molecule has 1 heterocycles. The minimum atomic E-state index is -0.361. The summed E-state index contributed by atoms with van der Waals surface area (Å²) in [6.07, 6.45) is 3.75. The number of hydrogen-bond donors (Lipinski definition) is 2. The molecule has 0 atom stereocenters. The molecule has 2 N–H and O–H groups in total. The van der Waals surface area contributed by atoms with Crippen LogP contribution in [-0.4, -0.2) is 39.9 Å². The fourth-order valence-electron chi connectivity index (χ4n) is 4.17. The number of allylic oxidation sites excluding steroid dienone is 1. The van der Waals surface area contributed by atoms with E-state index >= 15 is 0 Å². The standard InChI is InChI=1S/C26H31NO4/c1-5-6-7-8-18-14-22(29)24(21-13-17(4)9-10-20(21)16(2)3)25(30)23(18)26(31)27-12-11-19(28)15-27/h9-10,13-14,29-30H,2,5-8,11-12,15H2,1,3-4H3. The number of aromatic hydroxyl groups is 2. The smallest absolute Gasteiger partial charge is 0.258 e. The highest BCUT2D eigenvalue weighted by atomic mass is 16.3. The maximum atomic E-state index is 13.4. The predicted octanol–water partition coefficient (Wildman–Crippen LogP) is 5.25. The van der Waals surface area contributed by atoms with Crippen LogP contribution < -0.4 is 0 Å². The van der Waals surface area contributed by atoms with E-state index in [2.05, 4.69) is 13.5 Å². The summed E-state index contributed by atoms with van der Waals surface area (Å²) in [6, 6.07) is 7.33. The van der Waals surface area contributed by atoms with Crippen LogP contribution in [-0.2, 0) is 11.2 Å². The number of aryl methyl sites for hydroxylation is 2. The number of unbranched alkanes of at least 4 members (excludes halogenated alkanes) is 2. The molecule has 2 aromatic rings. The van der Waals surface area contributed by atoms with E-state index in [0.717, 1.165) is 36.0 Å². The summed E-state index contributed by atoms with van der Waals surface area (Å²) in [6.45, 7) is 10.3. The van der Waals surface area contributed by atoms with Gasteiger partial charge in [0, 0.05) is 13.0 Å². The summed E-state index contributed by atoms with van der Waals surface area (Å²) in [5, 5.41) is 22.3. The molecule has 0 unspecified atom stereocenters. The molecule has 1 saturated heterocycles. The average Bonchev–Trinajstić information content (AvgIpc) is 3.14. The van der Waals surface area contributed by atoms with Gasteiger partial charge in [0.1, 0.15) is 11.5 Å². The summed E-state index contributed by atoms with van der Waals surface area (Å²) < 4.78 is 0. The molecule has 5 nitrogen and oxygen atoms in total. The molecule has 0 saturated carbocycles. The molecule has 0 aromatic heterocycles. The van der Waals surface area contributed by atoms with Gasteiger partial charge in [0.05, 0.1) is 17.7 Å². The highest BCUT2D eigenvalue weighted by molar-refractivity contribution is 6.04. The highest BCUT2D eigenvalue weighted by Gasteiger charge is 2.31. The van der Waals surface area contributed by atoms with E-state index in [1.54, 1.807) is 6.07 Å². The average molecular weight is 422 g/mol. The van der Waals surface area contributed by atoms with Crippen molar-refractivity contribution in [3.05, 3.63) is 53.1 Å². The molecule has 0 spiro atoms. The molecule has 1 amide bonds. The zero-order chi connectivity index (χ0) is 22.7. The van der Waals surface area contributed by atoms with Gasteiger partial charge < -0.3 is 15.1 Å². The molecule has 2 aromatic carbocycles. The van der Waals surface area contributed by atoms with Gasteiger partial charge in [0.15, 0.2) is 5.78 Å². The van der Waals surface area contributed by atoms with E-state index in [1.807, 2.05) is 32.0 Å². The monoisotopic (exact) mass is 421 g/mol. The van der Waals surface area contributed by atoms with E-state index in [-0.39, 0.29) is 40.9 Å². The number of Topliss-reactive ketones (excluding diaryl/α,β-unsaturated/α-hetero) is 1. The topological polar surface area (TPSA) is 77.8 Å². The molecular formula is C26H31NO4. The largest absolute Gasteiger partial charge is 0.507 e. The second kappa shape index (κ2) is 9.38. The lowest BCUT2D eigenvalue weighted by Crippen LogP contribution is -2.29. The Morgan fingerprint density at radius 2 is 1.94 bits per heavy atom. The maximum Gasteiger partial charge on any atom is 0.258 e. The third kappa shape index (κ3) is 4.66. The number of amides is 1. The van der Waals surface area contributed by atoms with E-state index in [1.165, 1.54) is 4.90 Å². The zero-order valence-electron chi connectivity index (χ0n) is 18.6. The lowest BCUT2D eigenvalue weighted by Gasteiger charge is -2.22. The van der Waals surface area contributed by atoms with Gasteiger partial charge in [-0.25, -0.2) is 0 Å². The predicted molar refractivity (Wildman–Crippen MR) is 123 cm³/mol. The van der Waals surface area contributed by atoms with Crippen molar-refractivity contribution >= 4 is 17.3 Å². The van der Waals surface area contributed by atoms with Crippen molar-refractivity contribution in [1.29, 1.82) is 0 Å². The lowest BCUT2D eigenvalue weighted by molar-refractivity contribution is -0.116. The highest BCUT2D eigenvalue weighted by Crippen LogP contribution is 2.45. The van der Waals surface area contributed by atoms with Gasteiger partial charge in [0.2, 0.25) is 0 Å². The number of carbonyl (C=O) groups is 2. The van der Waals surface area contributed by atoms with Crippen molar-refractivity contribution in [2.24, 2.45) is 0 Å². The van der Waals surface area contributed by atoms with Crippen molar-refractivity contribution in [3.8, 4) is 22.6 Å². The van der Waals surface area contributed by atoms with Crippen LogP contribution in [0.25, 0.3) is 16.7 Å². The first-order valence-corrected chi connectivity index (χ1v) is 10.9. The number of likely N-dealkylation sites (tertiary alicyclic amines) is 1. The minimum Gasteiger partial charge on any atom is -0.507 e. The molecule has 0 radical (unpaired) electrons. The molecule has 1 fully saturated rings. The molecule has 3 rings (SSSR count). The third-order valence-electron chi connectivity index (χ3n) is 5.84. The Hall–Kier alpha value is -3.08. The molecular weight excluding hydrogens is 390 g/mol. The molecule has 5 heteroatoms. The van der Waals surface area contributed by atoms with Crippen LogP contribution in [0.1, 0.15) is 66.6 Å². The number of carbonyl (C=O) groups excluding carboxylic acids is 2. The lowest BCUT2D eigenvalue weighted by atomic mass is 9.88. The van der Waals surface area contributed by atoms with Crippen molar-refractivity contribution in [1.82, 2.24) is 4.90 Å². The van der Waals surface area contributed by atoms with Crippen LogP contribution in [0.3, 0.4) is 0 Å². The summed E-state index contributed by atoms with van der Waals surface area (Å²) >= 11 is 0. The summed E-state index contributed by atoms with van der Waals surface area (Å²) in [4.78, 5) is 26.6. The molecule has 1 aliphatic rings. The van der Waals surface area contributed by atoms with E-state index in [0.29, 0.717) is 30.5 Å². The fraction of sp³-hybridized carbons (Fsp3) is 0.385. The number of phenolic OH excluding ortho intramolecular Hbond substituents is 2. The van der Waals surface area contributed by atoms with Crippen LogP contribution in [0, 0.1) is 6.92 Å². The number of phenols is 2. The normalized spacial score (nSPS) is 13.6. The number of hydrogen-bond acceptors (Lipinski definition) is 4. The van der Waals surface area contributed by atoms with Crippen LogP contribution in [0.15, 0.2) is 30.8 Å². The Kier molecular flexibility index (Phi) is 6.84. The van der Waals surface area contributed by atoms with Crippen LogP contribution in [0.4, 0.5) is 0 Å². The first kappa shape index (κ1) is 22.6. The number of rotatable bonds is 7. The first-order chi connectivity index (χ1) is 14.7. The van der Waals surface area contributed by atoms with Crippen molar-refractivity contribution in [3.63, 3.8) is 0 Å². The number of ketones is 1. The van der Waals surface area contributed by atoms with Crippen LogP contribution >= 0.6 is 0 Å². The Balaban J connectivity index is 2.21. The second-order valence-corrected chi connectivity index (χ2v) is 8.46. The van der Waals surface area contributed by atoms with E-state index < -0.39 is 0 Å². The molecule has 0 bridgehead atoms. The van der Waals surface area contributed by atoms with Gasteiger partial charge in [-0.3, -0.25) is 9.59 Å². The van der Waals surface area contributed by atoms with Gasteiger partial charge in [-0.15, -0.1) is 0 Å². The number of benzene rings is 2. The Morgan fingerprint density at radius 1 is 1.19 bits per heavy atom. The quantitative estimate of drug-likeness (QED) is 0.598. The summed E-state index contributed by atoms with van der Waals surface area (Å²) in [5.41, 5.74) is 4.21. The maximum absolute atomic E-state index is 13.4. The Labute approximate surface area is 184 Å². The Bertz CT molecular complexity index is 1040. The van der Waals surface area contributed by atoms with Gasteiger partial charge in [-0.05, 0) is 49.4 Å². The molecule has 0 aliphatic carbocycles. The van der Waals surface area contributed by atoms with E-state index in [4.69, 9.17) is 0 Å². The van der Waals surface area contributed by atoms with E-state index in [9.17, 15) is 19.8 Å². The van der Waals surface area contributed by atoms with Crippen molar-refractivity contribution < 1.29 is 19.8 Å². The molecule has 164 valence electrons. The van der Waals surface area contributed by atoms with Gasteiger partial charge >= 0.3 is 0 Å². The molecule has 1 aliphatic heterocycles. The van der Waals surface area contributed by atoms with Crippen LogP contribution in [0.2, 0.25) is 0 Å². The van der Waals surface area contributed by atoms with Gasteiger partial charge in [-0.2, -0.15) is 0 Å². The summed E-state index contributed by atoms with van der Waals surface area (Å²) in [5.74, 6) is -0.640.